The highest BCUT2D eigenvalue weighted by molar-refractivity contribution is 5.95. The molecule has 12 aromatic carbocycles. The lowest BCUT2D eigenvalue weighted by atomic mass is 9.66. The number of rotatable bonds is 6. The molecule has 2 aliphatic carbocycles. The molecule has 12 aromatic rings. The fraction of sp³-hybridized carbons (Fsp3) is 0.0270. The molecule has 0 saturated carbocycles. The maximum absolute atomic E-state index is 6.72. The van der Waals surface area contributed by atoms with Crippen molar-refractivity contribution in [3.8, 4) is 78.6 Å². The first-order valence-corrected chi connectivity index (χ1v) is 26.6. The van der Waals surface area contributed by atoms with Gasteiger partial charge in [0.05, 0.1) is 16.5 Å². The molecule has 0 saturated heterocycles. The maximum atomic E-state index is 6.72. The lowest BCUT2D eigenvalue weighted by Crippen LogP contribution is -2.32. The molecule has 4 aliphatic rings. The number of hydrogen-bond acceptors (Lipinski definition) is 3. The zero-order chi connectivity index (χ0) is 50.7. The minimum absolute atomic E-state index is 0.571. The highest BCUT2D eigenvalue weighted by atomic mass is 16.5. The minimum Gasteiger partial charge on any atom is -0.457 e. The van der Waals surface area contributed by atoms with Gasteiger partial charge in [0.1, 0.15) is 23.0 Å². The first-order chi connectivity index (χ1) is 38.2. The van der Waals surface area contributed by atoms with E-state index in [1.165, 1.54) is 50.1 Å². The molecule has 0 amide bonds. The van der Waals surface area contributed by atoms with Gasteiger partial charge < -0.3 is 14.4 Å². The monoisotopic (exact) mass is 981 g/mol. The molecule has 0 bridgehead atoms. The second kappa shape index (κ2) is 16.8. The van der Waals surface area contributed by atoms with Crippen molar-refractivity contribution in [2.75, 3.05) is 4.90 Å². The first-order valence-electron chi connectivity index (χ1n) is 26.6. The summed E-state index contributed by atoms with van der Waals surface area (Å²) in [5.74, 6) is 3.54. The van der Waals surface area contributed by atoms with Crippen LogP contribution >= 0.6 is 0 Å². The van der Waals surface area contributed by atoms with Crippen LogP contribution in [0.5, 0.6) is 23.0 Å². The van der Waals surface area contributed by atoms with Crippen molar-refractivity contribution in [1.29, 1.82) is 0 Å². The lowest BCUT2D eigenvalue weighted by Gasteiger charge is -2.39. The molecular weight excluding hydrogens is 935 g/mol. The van der Waals surface area contributed by atoms with E-state index in [1.807, 2.05) is 0 Å². The second-order valence-corrected chi connectivity index (χ2v) is 20.6. The van der Waals surface area contributed by atoms with E-state index in [0.29, 0.717) is 0 Å². The van der Waals surface area contributed by atoms with Crippen LogP contribution in [0.3, 0.4) is 0 Å². The van der Waals surface area contributed by atoms with Crippen LogP contribution < -0.4 is 14.4 Å². The van der Waals surface area contributed by atoms with Gasteiger partial charge in [-0.1, -0.05) is 218 Å². The summed E-state index contributed by atoms with van der Waals surface area (Å²) in [5.41, 5.74) is 23.5. The molecule has 0 atom stereocenters. The van der Waals surface area contributed by atoms with Crippen molar-refractivity contribution in [2.45, 2.75) is 10.8 Å². The van der Waals surface area contributed by atoms with E-state index in [4.69, 9.17) is 9.47 Å². The van der Waals surface area contributed by atoms with Gasteiger partial charge in [-0.3, -0.25) is 0 Å². The molecular formula is C74H47NO2. The van der Waals surface area contributed by atoms with Crippen molar-refractivity contribution >= 4 is 17.1 Å². The Kier molecular flexibility index (Phi) is 9.47. The van der Waals surface area contributed by atoms with Gasteiger partial charge in [-0.25, -0.2) is 0 Å². The van der Waals surface area contributed by atoms with Crippen LogP contribution in [0.2, 0.25) is 0 Å². The van der Waals surface area contributed by atoms with Gasteiger partial charge in [0.2, 0.25) is 0 Å². The Morgan fingerprint density at radius 1 is 0.221 bits per heavy atom. The third kappa shape index (κ3) is 6.20. The molecule has 0 unspecified atom stereocenters. The maximum Gasteiger partial charge on any atom is 0.132 e. The normalized spacial score (nSPS) is 13.9. The third-order valence-corrected chi connectivity index (χ3v) is 16.8. The third-order valence-electron chi connectivity index (χ3n) is 16.8. The lowest BCUT2D eigenvalue weighted by molar-refractivity contribution is 0.436. The summed E-state index contributed by atoms with van der Waals surface area (Å²) in [6.07, 6.45) is 0. The largest absolute Gasteiger partial charge is 0.457 e. The minimum atomic E-state index is -0.592. The molecule has 0 N–H and O–H groups in total. The highest BCUT2D eigenvalue weighted by Crippen LogP contribution is 2.64. The summed E-state index contributed by atoms with van der Waals surface area (Å²) in [7, 11) is 0. The molecule has 3 heteroatoms. The predicted octanol–water partition coefficient (Wildman–Crippen LogP) is 19.1. The zero-order valence-corrected chi connectivity index (χ0v) is 41.9. The van der Waals surface area contributed by atoms with Crippen LogP contribution in [0, 0.1) is 0 Å². The number of benzene rings is 12. The van der Waals surface area contributed by atoms with Gasteiger partial charge in [-0.05, 0) is 139 Å². The predicted molar refractivity (Wildman–Crippen MR) is 312 cm³/mol. The van der Waals surface area contributed by atoms with Gasteiger partial charge in [0, 0.05) is 39.2 Å². The van der Waals surface area contributed by atoms with Crippen molar-refractivity contribution in [2.24, 2.45) is 0 Å². The van der Waals surface area contributed by atoms with Gasteiger partial charge in [0.15, 0.2) is 0 Å². The fourth-order valence-corrected chi connectivity index (χ4v) is 13.7. The first kappa shape index (κ1) is 43.4. The molecule has 16 rings (SSSR count). The van der Waals surface area contributed by atoms with Crippen LogP contribution in [0.15, 0.2) is 285 Å². The van der Waals surface area contributed by atoms with Gasteiger partial charge in [0.25, 0.3) is 0 Å². The number of fused-ring (bicyclic) bond motifs is 18. The van der Waals surface area contributed by atoms with Crippen LogP contribution in [0.4, 0.5) is 17.1 Å². The molecule has 2 spiro atoms. The molecule has 0 radical (unpaired) electrons. The van der Waals surface area contributed by atoms with Crippen LogP contribution in [0.1, 0.15) is 44.5 Å². The van der Waals surface area contributed by atoms with Crippen molar-refractivity contribution in [3.63, 3.8) is 0 Å². The molecule has 2 heterocycles. The highest BCUT2D eigenvalue weighted by Gasteiger charge is 2.52. The summed E-state index contributed by atoms with van der Waals surface area (Å²) in [6, 6.07) is 104. The van der Waals surface area contributed by atoms with E-state index in [2.05, 4.69) is 290 Å². The average molecular weight is 982 g/mol. The van der Waals surface area contributed by atoms with E-state index >= 15 is 0 Å². The van der Waals surface area contributed by atoms with E-state index in [-0.39, 0.29) is 0 Å². The SMILES string of the molecule is c1ccc(-c2cccc(N(c3cccc(-c4ccc5c(c4)C4(c6ccccc6Oc6ccccc64)c4ccccc4-5)c3)c3ccccc3-c3ccc4c(c3)C3(c5ccccc5Oc5ccccc53)c3ccccc3-4)c2)cc1. The van der Waals surface area contributed by atoms with E-state index in [9.17, 15) is 0 Å². The van der Waals surface area contributed by atoms with E-state index in [0.717, 1.165) is 90.1 Å². The summed E-state index contributed by atoms with van der Waals surface area (Å²) in [4.78, 5) is 2.46. The number of para-hydroxylation sites is 5. The standard InChI is InChI=1S/C74H47NO2/c1-2-20-48(21-3-1)49-22-18-24-53(44-49)75(54-25-19-23-50(45-54)51-40-42-58-56-27-4-7-29-60(56)73(66(58)46-51)62-31-9-14-36-69(62)76-70-37-15-10-32-63(70)73)68-35-13-6-26-55(68)52-41-43-59-57-28-5-8-30-61(57)74(67(59)47-52)64-33-11-16-38-71(64)77-72-39-17-12-34-65(72)74/h1-47H. The molecule has 360 valence electrons. The number of hydrogen-bond donors (Lipinski definition) is 0. The van der Waals surface area contributed by atoms with E-state index < -0.39 is 10.8 Å². The molecule has 0 aromatic heterocycles. The fourth-order valence-electron chi connectivity index (χ4n) is 13.7. The average Bonchev–Trinajstić information content (AvgIpc) is 3.78. The second-order valence-electron chi connectivity index (χ2n) is 20.6. The molecule has 2 aliphatic heterocycles. The summed E-state index contributed by atoms with van der Waals surface area (Å²) in [6.45, 7) is 0. The topological polar surface area (TPSA) is 21.7 Å². The molecule has 77 heavy (non-hydrogen) atoms. The Hall–Kier alpha value is -9.96. The number of anilines is 3. The summed E-state index contributed by atoms with van der Waals surface area (Å²) < 4.78 is 13.4. The van der Waals surface area contributed by atoms with Crippen molar-refractivity contribution in [1.82, 2.24) is 0 Å². The number of ether oxygens (including phenoxy) is 2. The Bertz CT molecular complexity index is 4290. The summed E-state index contributed by atoms with van der Waals surface area (Å²) in [5, 5.41) is 0. The Labute approximate surface area is 448 Å². The van der Waals surface area contributed by atoms with Crippen molar-refractivity contribution in [3.05, 3.63) is 330 Å². The smallest absolute Gasteiger partial charge is 0.132 e. The van der Waals surface area contributed by atoms with Crippen LogP contribution in [-0.4, -0.2) is 0 Å². The zero-order valence-electron chi connectivity index (χ0n) is 41.9. The van der Waals surface area contributed by atoms with Gasteiger partial charge >= 0.3 is 0 Å². The van der Waals surface area contributed by atoms with E-state index in [1.54, 1.807) is 0 Å². The Morgan fingerprint density at radius 2 is 0.571 bits per heavy atom. The summed E-state index contributed by atoms with van der Waals surface area (Å²) >= 11 is 0. The molecule has 0 fully saturated rings. The van der Waals surface area contributed by atoms with Gasteiger partial charge in [-0.2, -0.15) is 0 Å². The van der Waals surface area contributed by atoms with Crippen molar-refractivity contribution < 1.29 is 9.47 Å². The molecule has 3 nitrogen and oxygen atoms in total. The Balaban J connectivity index is 0.893. The van der Waals surface area contributed by atoms with Gasteiger partial charge in [-0.15, -0.1) is 0 Å². The van der Waals surface area contributed by atoms with Crippen LogP contribution in [-0.2, 0) is 10.8 Å². The Morgan fingerprint density at radius 3 is 1.08 bits per heavy atom. The number of nitrogens with zero attached hydrogens (tertiary/aromatic N) is 1. The quantitative estimate of drug-likeness (QED) is 0.166. The van der Waals surface area contributed by atoms with Crippen LogP contribution in [0.25, 0.3) is 55.6 Å².